The van der Waals surface area contributed by atoms with E-state index in [1.165, 1.54) is 68.9 Å². The van der Waals surface area contributed by atoms with Gasteiger partial charge in [0.05, 0.1) is 27.9 Å². The highest BCUT2D eigenvalue weighted by atomic mass is 35.5. The first-order chi connectivity index (χ1) is 16.4. The highest BCUT2D eigenvalue weighted by Crippen LogP contribution is 2.36. The first kappa shape index (κ1) is 25.1. The van der Waals surface area contributed by atoms with Crippen LogP contribution in [0.1, 0.15) is 38.5 Å². The Hall–Kier alpha value is -2.00. The molecule has 2 aromatic carbocycles. The number of ether oxygens (including phenoxy) is 1. The van der Waals surface area contributed by atoms with Gasteiger partial charge in [0.15, 0.2) is 11.6 Å². The summed E-state index contributed by atoms with van der Waals surface area (Å²) < 4.78 is 49.0. The van der Waals surface area contributed by atoms with Gasteiger partial charge in [-0.2, -0.15) is 0 Å². The van der Waals surface area contributed by atoms with E-state index in [1.54, 1.807) is 0 Å². The second-order valence-corrected chi connectivity index (χ2v) is 10.9. The molecule has 0 radical (unpaired) electrons. The number of halogens is 3. The van der Waals surface area contributed by atoms with Crippen LogP contribution in [0.25, 0.3) is 10.9 Å². The summed E-state index contributed by atoms with van der Waals surface area (Å²) in [5.74, 6) is -0.999. The molecule has 34 heavy (non-hydrogen) atoms. The number of unbranched alkanes of at least 4 members (excludes halogenated alkanes) is 2. The van der Waals surface area contributed by atoms with E-state index < -0.39 is 20.7 Å². The monoisotopic (exact) mass is 527 g/mol. The zero-order valence-electron chi connectivity index (χ0n) is 18.7. The molecule has 1 fully saturated rings. The number of sulfonamides is 1. The van der Waals surface area contributed by atoms with Gasteiger partial charge in [-0.05, 0) is 76.0 Å². The fourth-order valence-electron chi connectivity index (χ4n) is 4.24. The van der Waals surface area contributed by atoms with Crippen molar-refractivity contribution in [2.75, 3.05) is 31.0 Å². The van der Waals surface area contributed by atoms with Crippen LogP contribution in [0.5, 0.6) is 5.75 Å². The number of nitrogens with zero attached hydrogens (tertiary/aromatic N) is 1. The van der Waals surface area contributed by atoms with Crippen LogP contribution in [0.3, 0.4) is 0 Å². The van der Waals surface area contributed by atoms with Crippen molar-refractivity contribution in [2.24, 2.45) is 0 Å². The lowest BCUT2D eigenvalue weighted by Crippen LogP contribution is -2.30. The summed E-state index contributed by atoms with van der Waals surface area (Å²) >= 11 is 12.3. The van der Waals surface area contributed by atoms with Crippen LogP contribution >= 0.6 is 23.2 Å². The van der Waals surface area contributed by atoms with Crippen LogP contribution in [0.2, 0.25) is 10.0 Å². The highest BCUT2D eigenvalue weighted by molar-refractivity contribution is 7.92. The summed E-state index contributed by atoms with van der Waals surface area (Å²) in [6.07, 6.45) is 8.21. The molecule has 10 heteroatoms. The third-order valence-electron chi connectivity index (χ3n) is 6.02. The predicted molar refractivity (Wildman–Crippen MR) is 135 cm³/mol. The molecule has 0 aliphatic carbocycles. The molecule has 6 nitrogen and oxygen atoms in total. The minimum Gasteiger partial charge on any atom is -0.490 e. The van der Waals surface area contributed by atoms with Gasteiger partial charge in [-0.25, -0.2) is 12.8 Å². The first-order valence-electron chi connectivity index (χ1n) is 11.5. The minimum absolute atomic E-state index is 0.0805. The number of anilines is 1. The molecular weight excluding hydrogens is 500 g/mol. The Bertz CT molecular complexity index is 1240. The molecule has 2 N–H and O–H groups in total. The number of aromatic amines is 1. The lowest BCUT2D eigenvalue weighted by Gasteiger charge is -2.26. The van der Waals surface area contributed by atoms with E-state index in [-0.39, 0.29) is 11.4 Å². The molecule has 1 saturated heterocycles. The van der Waals surface area contributed by atoms with Crippen LogP contribution in [0.4, 0.5) is 10.1 Å². The van der Waals surface area contributed by atoms with Gasteiger partial charge in [0.25, 0.3) is 10.0 Å². The van der Waals surface area contributed by atoms with E-state index >= 15 is 4.39 Å². The van der Waals surface area contributed by atoms with Crippen LogP contribution < -0.4 is 9.46 Å². The standard InChI is InChI=1S/C24H28Cl2FN3O3S/c25-17-10-11-19(24-22(17)18(26)16-28-24)29-34(31,32)21-9-7-8-20(23(21)27)33-15-6-2-5-14-30-12-3-1-4-13-30/h7-11,16,28-29H,1-6,12-15H2. The molecule has 4 rings (SSSR count). The lowest BCUT2D eigenvalue weighted by atomic mass is 10.1. The molecule has 0 saturated carbocycles. The summed E-state index contributed by atoms with van der Waals surface area (Å²) in [5.41, 5.74) is 0.629. The molecule has 1 aliphatic rings. The number of hydrogen-bond donors (Lipinski definition) is 2. The molecule has 0 spiro atoms. The molecule has 184 valence electrons. The summed E-state index contributed by atoms with van der Waals surface area (Å²) in [6.45, 7) is 3.76. The Balaban J connectivity index is 1.37. The lowest BCUT2D eigenvalue weighted by molar-refractivity contribution is 0.220. The van der Waals surface area contributed by atoms with Crippen LogP contribution in [-0.2, 0) is 10.0 Å². The summed E-state index contributed by atoms with van der Waals surface area (Å²) in [4.78, 5) is 4.90. The molecule has 0 atom stereocenters. The molecule has 1 aliphatic heterocycles. The van der Waals surface area contributed by atoms with Gasteiger partial charge in [-0.3, -0.25) is 4.72 Å². The largest absolute Gasteiger partial charge is 0.490 e. The summed E-state index contributed by atoms with van der Waals surface area (Å²) in [6, 6.07) is 7.14. The molecular formula is C24H28Cl2FN3O3S. The maximum Gasteiger partial charge on any atom is 0.265 e. The quantitative estimate of drug-likeness (QED) is 0.297. The van der Waals surface area contributed by atoms with Crippen LogP contribution in [0.15, 0.2) is 41.4 Å². The van der Waals surface area contributed by atoms with E-state index in [4.69, 9.17) is 27.9 Å². The van der Waals surface area contributed by atoms with Crippen molar-refractivity contribution in [3.8, 4) is 5.75 Å². The predicted octanol–water partition coefficient (Wildman–Crippen LogP) is 6.45. The van der Waals surface area contributed by atoms with Gasteiger partial charge in [-0.1, -0.05) is 35.7 Å². The average Bonchev–Trinajstić information content (AvgIpc) is 3.22. The topological polar surface area (TPSA) is 74.4 Å². The average molecular weight is 528 g/mol. The number of rotatable bonds is 10. The minimum atomic E-state index is -4.23. The van der Waals surface area contributed by atoms with E-state index in [9.17, 15) is 8.42 Å². The zero-order valence-corrected chi connectivity index (χ0v) is 21.1. The Morgan fingerprint density at radius 1 is 1.03 bits per heavy atom. The number of nitrogens with one attached hydrogen (secondary N) is 2. The van der Waals surface area contributed by atoms with Crippen molar-refractivity contribution in [1.82, 2.24) is 9.88 Å². The van der Waals surface area contributed by atoms with Gasteiger partial charge in [0.2, 0.25) is 0 Å². The van der Waals surface area contributed by atoms with Gasteiger partial charge < -0.3 is 14.6 Å². The number of hydrogen-bond acceptors (Lipinski definition) is 4. The van der Waals surface area contributed by atoms with Gasteiger partial charge in [-0.15, -0.1) is 0 Å². The van der Waals surface area contributed by atoms with E-state index in [0.717, 1.165) is 25.8 Å². The maximum atomic E-state index is 15.1. The molecule has 1 aromatic heterocycles. The molecule has 0 amide bonds. The second-order valence-electron chi connectivity index (χ2n) is 8.47. The number of H-pyrrole nitrogens is 1. The number of piperidine rings is 1. The van der Waals surface area contributed by atoms with Crippen molar-refractivity contribution in [2.45, 2.75) is 43.4 Å². The number of likely N-dealkylation sites (tertiary alicyclic amines) is 1. The van der Waals surface area contributed by atoms with E-state index in [0.29, 0.717) is 27.6 Å². The van der Waals surface area contributed by atoms with Crippen molar-refractivity contribution in [3.05, 3.63) is 52.4 Å². The molecule has 2 heterocycles. The van der Waals surface area contributed by atoms with Crippen LogP contribution in [-0.4, -0.2) is 44.5 Å². The van der Waals surface area contributed by atoms with Crippen molar-refractivity contribution in [3.63, 3.8) is 0 Å². The van der Waals surface area contributed by atoms with Crippen molar-refractivity contribution in [1.29, 1.82) is 0 Å². The summed E-state index contributed by atoms with van der Waals surface area (Å²) in [7, 11) is -4.23. The Labute approximate surface area is 209 Å². The number of benzene rings is 2. The number of fused-ring (bicyclic) bond motifs is 1. The van der Waals surface area contributed by atoms with Gasteiger partial charge >= 0.3 is 0 Å². The van der Waals surface area contributed by atoms with Gasteiger partial charge in [0, 0.05) is 11.6 Å². The van der Waals surface area contributed by atoms with Crippen molar-refractivity contribution < 1.29 is 17.5 Å². The normalized spacial score (nSPS) is 15.0. The Kier molecular flexibility index (Phi) is 8.24. The van der Waals surface area contributed by atoms with Crippen LogP contribution in [0, 0.1) is 5.82 Å². The van der Waals surface area contributed by atoms with Crippen molar-refractivity contribution >= 4 is 49.8 Å². The summed E-state index contributed by atoms with van der Waals surface area (Å²) in [5, 5.41) is 1.22. The highest BCUT2D eigenvalue weighted by Gasteiger charge is 2.24. The second kappa shape index (κ2) is 11.2. The van der Waals surface area contributed by atoms with E-state index in [2.05, 4.69) is 14.6 Å². The molecule has 0 bridgehead atoms. The smallest absolute Gasteiger partial charge is 0.265 e. The fraction of sp³-hybridized carbons (Fsp3) is 0.417. The molecule has 0 unspecified atom stereocenters. The first-order valence-corrected chi connectivity index (χ1v) is 13.7. The third-order valence-corrected chi connectivity index (χ3v) is 8.02. The van der Waals surface area contributed by atoms with Gasteiger partial charge in [0.1, 0.15) is 4.90 Å². The number of aromatic nitrogens is 1. The SMILES string of the molecule is O=S(=O)(Nc1ccc(Cl)c2c(Cl)c[nH]c12)c1cccc(OCCCCCN2CCCCC2)c1F. The molecule has 3 aromatic rings. The maximum absolute atomic E-state index is 15.1. The van der Waals surface area contributed by atoms with E-state index in [1.807, 2.05) is 0 Å². The Morgan fingerprint density at radius 3 is 2.62 bits per heavy atom. The third kappa shape index (κ3) is 5.79. The Morgan fingerprint density at radius 2 is 1.82 bits per heavy atom. The zero-order chi connectivity index (χ0) is 24.1. The fourth-order valence-corrected chi connectivity index (χ4v) is 5.96.